The van der Waals surface area contributed by atoms with Crippen LogP contribution in [-0.4, -0.2) is 36.6 Å². The van der Waals surface area contributed by atoms with Gasteiger partial charge in [-0.2, -0.15) is 0 Å². The predicted octanol–water partition coefficient (Wildman–Crippen LogP) is 2.57. The lowest BCUT2D eigenvalue weighted by molar-refractivity contribution is -0.127. The van der Waals surface area contributed by atoms with E-state index in [9.17, 15) is 9.59 Å². The van der Waals surface area contributed by atoms with Crippen molar-refractivity contribution >= 4 is 17.5 Å². The molecule has 0 aliphatic carbocycles. The smallest absolute Gasteiger partial charge is 0.227 e. The summed E-state index contributed by atoms with van der Waals surface area (Å²) in [6, 6.07) is 5.97. The second kappa shape index (κ2) is 8.00. The van der Waals surface area contributed by atoms with E-state index in [4.69, 9.17) is 5.11 Å². The van der Waals surface area contributed by atoms with Crippen LogP contribution in [-0.2, 0) is 9.59 Å². The van der Waals surface area contributed by atoms with Crippen LogP contribution in [0.15, 0.2) is 18.2 Å². The Kier molecular flexibility index (Phi) is 6.22. The second-order valence-corrected chi connectivity index (χ2v) is 7.86. The van der Waals surface area contributed by atoms with Gasteiger partial charge in [0.2, 0.25) is 11.8 Å². The largest absolute Gasteiger partial charge is 0.396 e. The van der Waals surface area contributed by atoms with E-state index < -0.39 is 0 Å². The highest BCUT2D eigenvalue weighted by molar-refractivity contribution is 5.96. The van der Waals surface area contributed by atoms with E-state index in [0.717, 1.165) is 11.3 Å². The molecule has 2 rings (SSSR count). The van der Waals surface area contributed by atoms with Gasteiger partial charge in [-0.15, -0.1) is 0 Å². The van der Waals surface area contributed by atoms with Crippen LogP contribution in [0.2, 0.25) is 0 Å². The molecular weight excluding hydrogens is 316 g/mol. The normalized spacial score (nSPS) is 18.4. The molecule has 0 aromatic heterocycles. The van der Waals surface area contributed by atoms with E-state index in [2.05, 4.69) is 5.32 Å². The molecule has 1 aliphatic heterocycles. The second-order valence-electron chi connectivity index (χ2n) is 7.86. The van der Waals surface area contributed by atoms with Crippen molar-refractivity contribution in [3.63, 3.8) is 0 Å². The van der Waals surface area contributed by atoms with E-state index in [1.54, 1.807) is 4.90 Å². The Hall–Kier alpha value is -1.88. The summed E-state index contributed by atoms with van der Waals surface area (Å²) >= 11 is 0. The van der Waals surface area contributed by atoms with Crippen LogP contribution in [0.4, 0.5) is 5.69 Å². The minimum Gasteiger partial charge on any atom is -0.396 e. The number of rotatable bonds is 6. The molecule has 0 saturated carbocycles. The van der Waals surface area contributed by atoms with Gasteiger partial charge >= 0.3 is 0 Å². The zero-order valence-electron chi connectivity index (χ0n) is 15.8. The fourth-order valence-corrected chi connectivity index (χ4v) is 3.06. The van der Waals surface area contributed by atoms with E-state index in [1.165, 1.54) is 5.56 Å². The van der Waals surface area contributed by atoms with E-state index >= 15 is 0 Å². The monoisotopic (exact) mass is 346 g/mol. The Bertz CT molecular complexity index is 640. The van der Waals surface area contributed by atoms with Gasteiger partial charge in [-0.3, -0.25) is 9.59 Å². The van der Waals surface area contributed by atoms with Crippen LogP contribution >= 0.6 is 0 Å². The SMILES string of the molecule is Cc1ccc(N2CC(C(=O)NCC(C)(C)CCO)CCC2=O)cc1C. The zero-order chi connectivity index (χ0) is 18.6. The Balaban J connectivity index is 2.02. The van der Waals surface area contributed by atoms with E-state index in [-0.39, 0.29) is 29.8 Å². The molecule has 5 heteroatoms. The lowest BCUT2D eigenvalue weighted by Crippen LogP contribution is -2.47. The number of aryl methyl sites for hydroxylation is 2. The Morgan fingerprint density at radius 3 is 2.68 bits per heavy atom. The lowest BCUT2D eigenvalue weighted by atomic mass is 9.89. The highest BCUT2D eigenvalue weighted by atomic mass is 16.3. The predicted molar refractivity (Wildman–Crippen MR) is 99.5 cm³/mol. The molecule has 1 unspecified atom stereocenters. The first-order valence-electron chi connectivity index (χ1n) is 9.00. The summed E-state index contributed by atoms with van der Waals surface area (Å²) in [5.41, 5.74) is 3.06. The molecule has 138 valence electrons. The van der Waals surface area contributed by atoms with Crippen LogP contribution in [0.5, 0.6) is 0 Å². The molecule has 0 bridgehead atoms. The van der Waals surface area contributed by atoms with Gasteiger partial charge in [0, 0.05) is 31.8 Å². The van der Waals surface area contributed by atoms with Crippen molar-refractivity contribution in [2.24, 2.45) is 11.3 Å². The number of nitrogens with one attached hydrogen (secondary N) is 1. The summed E-state index contributed by atoms with van der Waals surface area (Å²) in [6.45, 7) is 9.18. The molecular formula is C20H30N2O3. The van der Waals surface area contributed by atoms with Crippen LogP contribution in [0.25, 0.3) is 0 Å². The molecule has 2 amide bonds. The van der Waals surface area contributed by atoms with E-state index in [1.807, 2.05) is 45.9 Å². The minimum atomic E-state index is -0.191. The maximum absolute atomic E-state index is 12.5. The lowest BCUT2D eigenvalue weighted by Gasteiger charge is -2.33. The summed E-state index contributed by atoms with van der Waals surface area (Å²) in [6.07, 6.45) is 1.63. The number of piperidine rings is 1. The average molecular weight is 346 g/mol. The molecule has 2 N–H and O–H groups in total. The van der Waals surface area contributed by atoms with Crippen molar-refractivity contribution < 1.29 is 14.7 Å². The van der Waals surface area contributed by atoms with Gasteiger partial charge in [0.1, 0.15) is 0 Å². The van der Waals surface area contributed by atoms with Gasteiger partial charge in [0.25, 0.3) is 0 Å². The maximum Gasteiger partial charge on any atom is 0.227 e. The third kappa shape index (κ3) is 5.05. The quantitative estimate of drug-likeness (QED) is 0.832. The first-order valence-corrected chi connectivity index (χ1v) is 9.00. The molecule has 25 heavy (non-hydrogen) atoms. The third-order valence-corrected chi connectivity index (χ3v) is 5.11. The molecule has 1 aliphatic rings. The van der Waals surface area contributed by atoms with Crippen molar-refractivity contribution in [2.75, 3.05) is 24.6 Å². The standard InChI is InChI=1S/C20H30N2O3/c1-14-5-7-17(11-15(14)2)22-12-16(6-8-18(22)24)19(25)21-13-20(3,4)9-10-23/h5,7,11,16,23H,6,8-10,12-13H2,1-4H3,(H,21,25). The summed E-state index contributed by atoms with van der Waals surface area (Å²) in [5, 5.41) is 12.1. The van der Waals surface area contributed by atoms with Crippen LogP contribution in [0.1, 0.15) is 44.2 Å². The third-order valence-electron chi connectivity index (χ3n) is 5.11. The summed E-state index contributed by atoms with van der Waals surface area (Å²) in [4.78, 5) is 26.6. The van der Waals surface area contributed by atoms with Gasteiger partial charge in [-0.25, -0.2) is 0 Å². The van der Waals surface area contributed by atoms with Gasteiger partial charge in [0.15, 0.2) is 0 Å². The number of hydrogen-bond acceptors (Lipinski definition) is 3. The molecule has 1 fully saturated rings. The number of carbonyl (C=O) groups is 2. The Morgan fingerprint density at radius 1 is 1.32 bits per heavy atom. The Labute approximate surface area is 150 Å². The topological polar surface area (TPSA) is 69.6 Å². The molecule has 5 nitrogen and oxygen atoms in total. The van der Waals surface area contributed by atoms with Crippen molar-refractivity contribution in [1.29, 1.82) is 0 Å². The van der Waals surface area contributed by atoms with Crippen LogP contribution in [0.3, 0.4) is 0 Å². The maximum atomic E-state index is 12.5. The van der Waals surface area contributed by atoms with Gasteiger partial charge in [0.05, 0.1) is 5.92 Å². The fourth-order valence-electron chi connectivity index (χ4n) is 3.06. The van der Waals surface area contributed by atoms with Crippen molar-refractivity contribution in [2.45, 2.75) is 47.0 Å². The summed E-state index contributed by atoms with van der Waals surface area (Å²) in [5.74, 6) is -0.121. The highest BCUT2D eigenvalue weighted by Gasteiger charge is 2.31. The highest BCUT2D eigenvalue weighted by Crippen LogP contribution is 2.26. The number of amides is 2. The van der Waals surface area contributed by atoms with E-state index in [0.29, 0.717) is 32.4 Å². The molecule has 0 radical (unpaired) electrons. The van der Waals surface area contributed by atoms with Crippen LogP contribution < -0.4 is 10.2 Å². The molecule has 1 aromatic rings. The number of nitrogens with zero attached hydrogens (tertiary/aromatic N) is 1. The number of aliphatic hydroxyl groups excluding tert-OH is 1. The molecule has 0 spiro atoms. The number of carbonyl (C=O) groups excluding carboxylic acids is 2. The number of hydrogen-bond donors (Lipinski definition) is 2. The Morgan fingerprint density at radius 2 is 2.04 bits per heavy atom. The zero-order valence-corrected chi connectivity index (χ0v) is 15.8. The molecule has 1 aromatic carbocycles. The summed E-state index contributed by atoms with van der Waals surface area (Å²) < 4.78 is 0. The van der Waals surface area contributed by atoms with Crippen molar-refractivity contribution in [3.8, 4) is 0 Å². The summed E-state index contributed by atoms with van der Waals surface area (Å²) in [7, 11) is 0. The minimum absolute atomic E-state index is 0.00708. The van der Waals surface area contributed by atoms with Gasteiger partial charge < -0.3 is 15.3 Å². The fraction of sp³-hybridized carbons (Fsp3) is 0.600. The van der Waals surface area contributed by atoms with Crippen molar-refractivity contribution in [1.82, 2.24) is 5.32 Å². The number of aliphatic hydroxyl groups is 1. The number of benzene rings is 1. The van der Waals surface area contributed by atoms with Crippen LogP contribution in [0, 0.1) is 25.2 Å². The molecule has 1 heterocycles. The first-order chi connectivity index (χ1) is 11.7. The molecule has 1 atom stereocenters. The average Bonchev–Trinajstić information content (AvgIpc) is 2.56. The molecule has 1 saturated heterocycles. The number of anilines is 1. The van der Waals surface area contributed by atoms with Gasteiger partial charge in [-0.1, -0.05) is 19.9 Å². The van der Waals surface area contributed by atoms with Gasteiger partial charge in [-0.05, 0) is 55.4 Å². The first kappa shape index (κ1) is 19.4. The van der Waals surface area contributed by atoms with Crippen molar-refractivity contribution in [3.05, 3.63) is 29.3 Å².